The van der Waals surface area contributed by atoms with Gasteiger partial charge in [-0.3, -0.25) is 14.9 Å². The van der Waals surface area contributed by atoms with Crippen LogP contribution in [0.5, 0.6) is 0 Å². The van der Waals surface area contributed by atoms with E-state index in [4.69, 9.17) is 0 Å². The van der Waals surface area contributed by atoms with Crippen LogP contribution in [0.4, 0.5) is 5.69 Å². The zero-order valence-electron chi connectivity index (χ0n) is 13.0. The van der Waals surface area contributed by atoms with E-state index in [-0.39, 0.29) is 17.4 Å². The molecule has 0 aromatic heterocycles. The average Bonchev–Trinajstić information content (AvgIpc) is 2.91. The zero-order valence-corrected chi connectivity index (χ0v) is 15.1. The molecule has 3 rings (SSSR count). The summed E-state index contributed by atoms with van der Waals surface area (Å²) in [5.74, 6) is -0.387. The number of benzene rings is 2. The summed E-state index contributed by atoms with van der Waals surface area (Å²) in [5.41, 5.74) is 3.12. The number of halogens is 1. The molecule has 0 aliphatic heterocycles. The number of carbonyl (C=O) groups excluding carboxylic acids is 1. The minimum absolute atomic E-state index is 0.00171. The van der Waals surface area contributed by atoms with Crippen molar-refractivity contribution >= 4 is 39.6 Å². The number of nitro groups is 1. The highest BCUT2D eigenvalue weighted by molar-refractivity contribution is 14.1. The maximum atomic E-state index is 13.0. The molecule has 0 radical (unpaired) electrons. The first kappa shape index (κ1) is 16.6. The Bertz CT molecular complexity index is 861. The predicted octanol–water partition coefficient (Wildman–Crippen LogP) is 3.89. The number of Topliss-reactive ketones (excluding diaryl/α,β-unsaturated/α-hetero) is 1. The third-order valence-corrected chi connectivity index (χ3v) is 4.84. The van der Waals surface area contributed by atoms with Crippen LogP contribution in [0, 0.1) is 13.7 Å². The molecule has 2 aromatic carbocycles. The summed E-state index contributed by atoms with van der Waals surface area (Å²) in [7, 11) is 1.80. The molecule has 1 aliphatic carbocycles. The van der Waals surface area contributed by atoms with Crippen LogP contribution in [0.15, 0.2) is 54.2 Å². The largest absolute Gasteiger partial charge is 0.391 e. The average molecular weight is 434 g/mol. The number of non-ortho nitro benzene ring substituents is 1. The number of nitrogens with one attached hydrogen (secondary N) is 1. The molecule has 1 aliphatic rings. The molecule has 2 aromatic rings. The molecule has 0 amide bonds. The van der Waals surface area contributed by atoms with Gasteiger partial charge in [-0.05, 0) is 45.9 Å². The summed E-state index contributed by atoms with van der Waals surface area (Å²) in [6, 6.07) is 14.1. The quantitative estimate of drug-likeness (QED) is 0.451. The molecule has 0 fully saturated rings. The van der Waals surface area contributed by atoms with Gasteiger partial charge in [0.15, 0.2) is 5.78 Å². The number of nitrogens with zero attached hydrogens (tertiary/aromatic N) is 1. The summed E-state index contributed by atoms with van der Waals surface area (Å²) in [6.45, 7) is 0. The number of rotatable bonds is 4. The highest BCUT2D eigenvalue weighted by atomic mass is 127. The predicted molar refractivity (Wildman–Crippen MR) is 101 cm³/mol. The molecule has 0 saturated carbocycles. The lowest BCUT2D eigenvalue weighted by molar-refractivity contribution is -0.384. The summed E-state index contributed by atoms with van der Waals surface area (Å²) >= 11 is 2.22. The third-order valence-electron chi connectivity index (χ3n) is 4.17. The number of hydrogen-bond donors (Lipinski definition) is 1. The molecule has 0 saturated heterocycles. The van der Waals surface area contributed by atoms with Gasteiger partial charge in [0.1, 0.15) is 0 Å². The number of carbonyl (C=O) groups is 1. The molecule has 0 bridgehead atoms. The minimum atomic E-state index is -0.435. The van der Waals surface area contributed by atoms with Crippen molar-refractivity contribution in [2.75, 3.05) is 7.05 Å². The first-order chi connectivity index (χ1) is 11.5. The molecule has 1 N–H and O–H groups in total. The van der Waals surface area contributed by atoms with Gasteiger partial charge in [-0.1, -0.05) is 24.3 Å². The fourth-order valence-corrected chi connectivity index (χ4v) is 3.58. The summed E-state index contributed by atoms with van der Waals surface area (Å²) in [5, 5.41) is 14.1. The molecule has 24 heavy (non-hydrogen) atoms. The number of allylic oxidation sites excluding steroid dienone is 2. The highest BCUT2D eigenvalue weighted by Crippen LogP contribution is 2.40. The molecule has 122 valence electrons. The summed E-state index contributed by atoms with van der Waals surface area (Å²) < 4.78 is 1.06. The van der Waals surface area contributed by atoms with Gasteiger partial charge in [-0.25, -0.2) is 0 Å². The molecular weight excluding hydrogens is 419 g/mol. The van der Waals surface area contributed by atoms with Gasteiger partial charge in [0.05, 0.1) is 10.8 Å². The van der Waals surface area contributed by atoms with Gasteiger partial charge in [0.25, 0.3) is 5.69 Å². The standard InChI is InChI=1S/C18H15IN2O3/c1-20-16-10-15(11-4-3-7-14(9-11)21(23)24)18(22)17(16)12-5-2-6-13(19)8-12/h2-9,15,20H,10H2,1H3. The van der Waals surface area contributed by atoms with Crippen LogP contribution >= 0.6 is 22.6 Å². The van der Waals surface area contributed by atoms with Crippen LogP contribution in [0.1, 0.15) is 23.5 Å². The molecule has 6 heteroatoms. The third kappa shape index (κ3) is 3.06. The van der Waals surface area contributed by atoms with Gasteiger partial charge in [-0.2, -0.15) is 0 Å². The Morgan fingerprint density at radius 2 is 1.96 bits per heavy atom. The number of ketones is 1. The van der Waals surface area contributed by atoms with E-state index in [1.54, 1.807) is 19.2 Å². The Labute approximate surface area is 153 Å². The van der Waals surface area contributed by atoms with E-state index in [1.807, 2.05) is 24.3 Å². The fraction of sp³-hybridized carbons (Fsp3) is 0.167. The van der Waals surface area contributed by atoms with Crippen molar-refractivity contribution in [3.8, 4) is 0 Å². The Kier molecular flexibility index (Phi) is 4.66. The van der Waals surface area contributed by atoms with E-state index in [0.29, 0.717) is 17.6 Å². The van der Waals surface area contributed by atoms with Crippen molar-refractivity contribution in [1.82, 2.24) is 5.32 Å². The molecule has 5 nitrogen and oxygen atoms in total. The first-order valence-electron chi connectivity index (χ1n) is 7.46. The molecule has 1 atom stereocenters. The molecule has 0 heterocycles. The van der Waals surface area contributed by atoms with Crippen LogP contribution in [0.25, 0.3) is 5.57 Å². The maximum Gasteiger partial charge on any atom is 0.269 e. The van der Waals surface area contributed by atoms with Crippen LogP contribution in [-0.2, 0) is 4.79 Å². The van der Waals surface area contributed by atoms with Crippen molar-refractivity contribution in [1.29, 1.82) is 0 Å². The number of hydrogen-bond acceptors (Lipinski definition) is 4. The van der Waals surface area contributed by atoms with Crippen LogP contribution in [0.3, 0.4) is 0 Å². The molecule has 0 spiro atoms. The van der Waals surface area contributed by atoms with Gasteiger partial charge in [0, 0.05) is 40.4 Å². The van der Waals surface area contributed by atoms with Crippen LogP contribution < -0.4 is 5.32 Å². The molecule has 1 unspecified atom stereocenters. The van der Waals surface area contributed by atoms with Gasteiger partial charge in [-0.15, -0.1) is 0 Å². The SMILES string of the molecule is CNC1=C(c2cccc(I)c2)C(=O)C(c2cccc([N+](=O)[O-])c2)C1. The van der Waals surface area contributed by atoms with E-state index in [9.17, 15) is 14.9 Å². The van der Waals surface area contributed by atoms with Gasteiger partial charge >= 0.3 is 0 Å². The lowest BCUT2D eigenvalue weighted by Crippen LogP contribution is -2.08. The topological polar surface area (TPSA) is 72.2 Å². The first-order valence-corrected chi connectivity index (χ1v) is 8.54. The second kappa shape index (κ2) is 6.72. The summed E-state index contributed by atoms with van der Waals surface area (Å²) in [6.07, 6.45) is 0.525. The van der Waals surface area contributed by atoms with Gasteiger partial charge in [0.2, 0.25) is 0 Å². The van der Waals surface area contributed by atoms with Crippen molar-refractivity contribution < 1.29 is 9.72 Å². The lowest BCUT2D eigenvalue weighted by atomic mass is 9.92. The van der Waals surface area contributed by atoms with E-state index in [0.717, 1.165) is 14.8 Å². The second-order valence-electron chi connectivity index (χ2n) is 5.59. The van der Waals surface area contributed by atoms with Crippen LogP contribution in [-0.4, -0.2) is 17.8 Å². The Morgan fingerprint density at radius 3 is 2.62 bits per heavy atom. The zero-order chi connectivity index (χ0) is 17.3. The Morgan fingerprint density at radius 1 is 1.21 bits per heavy atom. The Hall–Kier alpha value is -2.22. The fourth-order valence-electron chi connectivity index (χ4n) is 3.03. The van der Waals surface area contributed by atoms with Crippen LogP contribution in [0.2, 0.25) is 0 Å². The van der Waals surface area contributed by atoms with Crippen molar-refractivity contribution in [3.63, 3.8) is 0 Å². The number of nitro benzene ring substituents is 1. The maximum absolute atomic E-state index is 13.0. The smallest absolute Gasteiger partial charge is 0.269 e. The van der Waals surface area contributed by atoms with E-state index < -0.39 is 4.92 Å². The highest BCUT2D eigenvalue weighted by Gasteiger charge is 2.35. The lowest BCUT2D eigenvalue weighted by Gasteiger charge is -2.09. The minimum Gasteiger partial charge on any atom is -0.391 e. The van der Waals surface area contributed by atoms with Crippen molar-refractivity contribution in [3.05, 3.63) is 79.0 Å². The monoisotopic (exact) mass is 434 g/mol. The summed E-state index contributed by atoms with van der Waals surface area (Å²) in [4.78, 5) is 23.6. The van der Waals surface area contributed by atoms with E-state index in [2.05, 4.69) is 27.9 Å². The molecular formula is C18H15IN2O3. The van der Waals surface area contributed by atoms with Crippen molar-refractivity contribution in [2.45, 2.75) is 12.3 Å². The van der Waals surface area contributed by atoms with E-state index >= 15 is 0 Å². The van der Waals surface area contributed by atoms with Gasteiger partial charge < -0.3 is 5.32 Å². The second-order valence-corrected chi connectivity index (χ2v) is 6.83. The van der Waals surface area contributed by atoms with E-state index in [1.165, 1.54) is 12.1 Å². The van der Waals surface area contributed by atoms with Crippen molar-refractivity contribution in [2.24, 2.45) is 0 Å². The normalized spacial score (nSPS) is 17.2. The Balaban J connectivity index is 2.00.